The van der Waals surface area contributed by atoms with Crippen LogP contribution in [-0.4, -0.2) is 55.0 Å². The van der Waals surface area contributed by atoms with Crippen molar-refractivity contribution < 1.29 is 22.7 Å². The van der Waals surface area contributed by atoms with E-state index in [1.165, 1.54) is 23.3 Å². The van der Waals surface area contributed by atoms with Crippen molar-refractivity contribution in [2.45, 2.75) is 32.0 Å². The summed E-state index contributed by atoms with van der Waals surface area (Å²) in [7, 11) is 0. The van der Waals surface area contributed by atoms with Gasteiger partial charge in [-0.15, -0.1) is 4.80 Å². The van der Waals surface area contributed by atoms with E-state index in [0.29, 0.717) is 25.1 Å². The van der Waals surface area contributed by atoms with E-state index >= 15 is 0 Å². The molecule has 31 heavy (non-hydrogen) atoms. The third-order valence-electron chi connectivity index (χ3n) is 4.86. The van der Waals surface area contributed by atoms with Gasteiger partial charge in [0.05, 0.1) is 24.5 Å². The molecule has 0 aliphatic carbocycles. The SMILES string of the molecule is Cc1cnc(C(=O)N2CCCC(Oc3ccc(C(F)(F)F)cn3)C2)c(-n2nccn2)c1. The topological polar surface area (TPSA) is 86.0 Å². The van der Waals surface area contributed by atoms with E-state index in [1.807, 2.05) is 6.92 Å². The molecule has 3 aromatic heterocycles. The highest BCUT2D eigenvalue weighted by Crippen LogP contribution is 2.29. The predicted octanol–water partition coefficient (Wildman–Crippen LogP) is 3.07. The van der Waals surface area contributed by atoms with Crippen LogP contribution in [0, 0.1) is 6.92 Å². The Morgan fingerprint density at radius 1 is 1.16 bits per heavy atom. The Kier molecular flexibility index (Phi) is 5.57. The van der Waals surface area contributed by atoms with Gasteiger partial charge in [0, 0.05) is 25.0 Å². The third kappa shape index (κ3) is 4.65. The number of ether oxygens (including phenoxy) is 1. The van der Waals surface area contributed by atoms with Crippen LogP contribution in [0.2, 0.25) is 0 Å². The summed E-state index contributed by atoms with van der Waals surface area (Å²) < 4.78 is 43.8. The van der Waals surface area contributed by atoms with Gasteiger partial charge in [-0.2, -0.15) is 23.4 Å². The van der Waals surface area contributed by atoms with Gasteiger partial charge in [-0.1, -0.05) is 0 Å². The van der Waals surface area contributed by atoms with Crippen LogP contribution in [0.3, 0.4) is 0 Å². The molecule has 0 aromatic carbocycles. The van der Waals surface area contributed by atoms with Crippen molar-refractivity contribution in [1.29, 1.82) is 0 Å². The van der Waals surface area contributed by atoms with Crippen LogP contribution in [0.15, 0.2) is 43.0 Å². The van der Waals surface area contributed by atoms with Crippen LogP contribution in [0.4, 0.5) is 13.2 Å². The number of hydrogen-bond donors (Lipinski definition) is 0. The fraction of sp³-hybridized carbons (Fsp3) is 0.350. The second kappa shape index (κ2) is 8.32. The molecule has 1 aliphatic heterocycles. The zero-order chi connectivity index (χ0) is 22.0. The molecule has 1 amide bonds. The monoisotopic (exact) mass is 432 g/mol. The lowest BCUT2D eigenvalue weighted by atomic mass is 10.1. The van der Waals surface area contributed by atoms with Crippen molar-refractivity contribution in [1.82, 2.24) is 29.9 Å². The summed E-state index contributed by atoms with van der Waals surface area (Å²) in [5.41, 5.74) is 0.708. The normalized spacial score (nSPS) is 16.9. The second-order valence-electron chi connectivity index (χ2n) is 7.22. The van der Waals surface area contributed by atoms with Crippen LogP contribution >= 0.6 is 0 Å². The van der Waals surface area contributed by atoms with E-state index in [0.717, 1.165) is 17.8 Å². The lowest BCUT2D eigenvalue weighted by molar-refractivity contribution is -0.137. The molecule has 0 radical (unpaired) electrons. The summed E-state index contributed by atoms with van der Waals surface area (Å²) in [4.78, 5) is 24.2. The highest BCUT2D eigenvalue weighted by atomic mass is 19.4. The molecule has 4 rings (SSSR count). The number of nitrogens with zero attached hydrogens (tertiary/aromatic N) is 6. The number of halogens is 3. The van der Waals surface area contributed by atoms with Crippen LogP contribution in [-0.2, 0) is 6.18 Å². The molecular weight excluding hydrogens is 413 g/mol. The summed E-state index contributed by atoms with van der Waals surface area (Å²) >= 11 is 0. The molecule has 4 heterocycles. The summed E-state index contributed by atoms with van der Waals surface area (Å²) in [5.74, 6) is -0.205. The molecule has 0 spiro atoms. The number of rotatable bonds is 4. The van der Waals surface area contributed by atoms with Crippen molar-refractivity contribution in [2.24, 2.45) is 0 Å². The Hall–Kier alpha value is -3.50. The Balaban J connectivity index is 1.49. The number of alkyl halides is 3. The molecule has 3 aromatic rings. The fourth-order valence-corrected chi connectivity index (χ4v) is 3.37. The van der Waals surface area contributed by atoms with Gasteiger partial charge in [0.25, 0.3) is 5.91 Å². The molecule has 162 valence electrons. The first-order valence-corrected chi connectivity index (χ1v) is 9.64. The standard InChI is InChI=1S/C20H19F3N6O2/c1-13-9-16(29-26-6-7-27-29)18(25-10-13)19(30)28-8-2-3-15(12-28)31-17-5-4-14(11-24-17)20(21,22)23/h4-7,9-11,15H,2-3,8,12H2,1H3. The van der Waals surface area contributed by atoms with Gasteiger partial charge < -0.3 is 9.64 Å². The van der Waals surface area contributed by atoms with Crippen LogP contribution in [0.1, 0.15) is 34.5 Å². The number of likely N-dealkylation sites (tertiary alicyclic amines) is 1. The first-order chi connectivity index (χ1) is 14.8. The Morgan fingerprint density at radius 3 is 2.61 bits per heavy atom. The number of carbonyl (C=O) groups is 1. The number of pyridine rings is 2. The van der Waals surface area contributed by atoms with Crippen molar-refractivity contribution in [2.75, 3.05) is 13.1 Å². The first kappa shape index (κ1) is 20.8. The largest absolute Gasteiger partial charge is 0.472 e. The lowest BCUT2D eigenvalue weighted by Gasteiger charge is -2.32. The Labute approximate surface area is 175 Å². The van der Waals surface area contributed by atoms with Gasteiger partial charge in [-0.3, -0.25) is 4.79 Å². The van der Waals surface area contributed by atoms with Crippen LogP contribution in [0.25, 0.3) is 5.69 Å². The quantitative estimate of drug-likeness (QED) is 0.630. The van der Waals surface area contributed by atoms with E-state index < -0.39 is 17.8 Å². The molecule has 1 unspecified atom stereocenters. The lowest BCUT2D eigenvalue weighted by Crippen LogP contribution is -2.45. The molecule has 0 N–H and O–H groups in total. The zero-order valence-corrected chi connectivity index (χ0v) is 16.6. The van der Waals surface area contributed by atoms with Crippen molar-refractivity contribution in [3.8, 4) is 11.6 Å². The minimum atomic E-state index is -4.46. The molecule has 8 nitrogen and oxygen atoms in total. The number of aryl methyl sites for hydroxylation is 1. The van der Waals surface area contributed by atoms with E-state index in [1.54, 1.807) is 17.2 Å². The van der Waals surface area contributed by atoms with Crippen LogP contribution < -0.4 is 4.74 Å². The van der Waals surface area contributed by atoms with Crippen molar-refractivity contribution >= 4 is 5.91 Å². The maximum absolute atomic E-state index is 13.2. The number of carbonyl (C=O) groups excluding carboxylic acids is 1. The Bertz CT molecular complexity index is 1050. The van der Waals surface area contributed by atoms with E-state index in [9.17, 15) is 18.0 Å². The molecule has 1 saturated heterocycles. The van der Waals surface area contributed by atoms with Gasteiger partial charge >= 0.3 is 6.18 Å². The molecule has 0 saturated carbocycles. The molecular formula is C20H19F3N6O2. The highest BCUT2D eigenvalue weighted by Gasteiger charge is 2.32. The third-order valence-corrected chi connectivity index (χ3v) is 4.86. The summed E-state index contributed by atoms with van der Waals surface area (Å²) in [6.07, 6.45) is 1.85. The summed E-state index contributed by atoms with van der Waals surface area (Å²) in [6, 6.07) is 3.89. The summed E-state index contributed by atoms with van der Waals surface area (Å²) in [6.45, 7) is 2.64. The zero-order valence-electron chi connectivity index (χ0n) is 16.6. The molecule has 1 atom stereocenters. The van der Waals surface area contributed by atoms with Gasteiger partial charge in [-0.05, 0) is 37.5 Å². The number of piperidine rings is 1. The van der Waals surface area contributed by atoms with Gasteiger partial charge in [0.1, 0.15) is 11.8 Å². The average Bonchev–Trinajstić information content (AvgIpc) is 3.28. The first-order valence-electron chi connectivity index (χ1n) is 9.64. The smallest absolute Gasteiger partial charge is 0.417 e. The molecule has 11 heteroatoms. The second-order valence-corrected chi connectivity index (χ2v) is 7.22. The van der Waals surface area contributed by atoms with Crippen molar-refractivity contribution in [3.63, 3.8) is 0 Å². The minimum absolute atomic E-state index is 0.0854. The van der Waals surface area contributed by atoms with E-state index in [4.69, 9.17) is 4.74 Å². The molecule has 1 fully saturated rings. The Morgan fingerprint density at radius 2 is 1.94 bits per heavy atom. The number of hydrogen-bond acceptors (Lipinski definition) is 6. The fourth-order valence-electron chi connectivity index (χ4n) is 3.37. The van der Waals surface area contributed by atoms with E-state index in [-0.39, 0.29) is 24.0 Å². The van der Waals surface area contributed by atoms with Crippen molar-refractivity contribution in [3.05, 3.63) is 59.8 Å². The maximum Gasteiger partial charge on any atom is 0.417 e. The minimum Gasteiger partial charge on any atom is -0.472 e. The molecule has 0 bridgehead atoms. The maximum atomic E-state index is 13.2. The average molecular weight is 432 g/mol. The van der Waals surface area contributed by atoms with Gasteiger partial charge in [-0.25, -0.2) is 9.97 Å². The summed E-state index contributed by atoms with van der Waals surface area (Å²) in [5, 5.41) is 8.19. The van der Waals surface area contributed by atoms with E-state index in [2.05, 4.69) is 20.2 Å². The number of aromatic nitrogens is 5. The predicted molar refractivity (Wildman–Crippen MR) is 103 cm³/mol. The highest BCUT2D eigenvalue weighted by molar-refractivity contribution is 5.95. The van der Waals surface area contributed by atoms with Gasteiger partial charge in [0.2, 0.25) is 5.88 Å². The van der Waals surface area contributed by atoms with Crippen LogP contribution in [0.5, 0.6) is 5.88 Å². The number of amides is 1. The molecule has 1 aliphatic rings. The van der Waals surface area contributed by atoms with Gasteiger partial charge in [0.15, 0.2) is 5.69 Å².